The lowest BCUT2D eigenvalue weighted by Gasteiger charge is -2.12. The Morgan fingerprint density at radius 3 is 2.83 bits per heavy atom. The van der Waals surface area contributed by atoms with Gasteiger partial charge in [-0.3, -0.25) is 4.79 Å². The van der Waals surface area contributed by atoms with E-state index in [1.54, 1.807) is 12.4 Å². The Morgan fingerprint density at radius 1 is 1.10 bits per heavy atom. The molecule has 0 unspecified atom stereocenters. The second-order valence-electron chi connectivity index (χ2n) is 6.46. The second kappa shape index (κ2) is 10.1. The van der Waals surface area contributed by atoms with Crippen molar-refractivity contribution in [2.24, 2.45) is 5.73 Å². The van der Waals surface area contributed by atoms with Gasteiger partial charge in [0.2, 0.25) is 11.9 Å². The van der Waals surface area contributed by atoms with Crippen LogP contribution in [-0.2, 0) is 11.3 Å². The number of hydrogen-bond donors (Lipinski definition) is 4. The van der Waals surface area contributed by atoms with Crippen LogP contribution in [0, 0.1) is 0 Å². The van der Waals surface area contributed by atoms with Gasteiger partial charge in [0, 0.05) is 54.5 Å². The molecule has 0 saturated heterocycles. The summed E-state index contributed by atoms with van der Waals surface area (Å²) < 4.78 is 0. The van der Waals surface area contributed by atoms with Gasteiger partial charge >= 0.3 is 0 Å². The van der Waals surface area contributed by atoms with E-state index in [0.717, 1.165) is 34.7 Å². The van der Waals surface area contributed by atoms with E-state index in [0.29, 0.717) is 25.6 Å². The molecule has 2 aromatic heterocycles. The quantitative estimate of drug-likeness (QED) is 0.409. The summed E-state index contributed by atoms with van der Waals surface area (Å²) in [5.74, 6) is 1.21. The topological polar surface area (TPSA) is 118 Å². The molecule has 156 valence electrons. The second-order valence-corrected chi connectivity index (χ2v) is 6.46. The van der Waals surface area contributed by atoms with Crippen LogP contribution >= 0.6 is 0 Å². The molecule has 0 bridgehead atoms. The van der Waals surface area contributed by atoms with Crippen molar-refractivity contribution < 1.29 is 9.07 Å². The van der Waals surface area contributed by atoms with Gasteiger partial charge in [0.25, 0.3) is 0 Å². The lowest BCUT2D eigenvalue weighted by atomic mass is 10.2. The number of hydrogen-bond acceptors (Lipinski definition) is 7. The van der Waals surface area contributed by atoms with E-state index in [9.17, 15) is 4.79 Å². The smallest absolute Gasteiger partial charge is 0.227 e. The van der Waals surface area contributed by atoms with Crippen LogP contribution in [0.4, 0.5) is 17.5 Å². The molecule has 8 heteroatoms. The molecule has 0 aliphatic carbocycles. The van der Waals surface area contributed by atoms with Gasteiger partial charge in [-0.1, -0.05) is 12.1 Å². The maximum atomic E-state index is 10.9. The number of carbonyl (C=O) groups excluding carboxylic acids is 1. The third kappa shape index (κ3) is 5.98. The van der Waals surface area contributed by atoms with E-state index in [4.69, 9.17) is 5.73 Å². The largest absolute Gasteiger partial charge is 0.369 e. The number of carbonyl (C=O) groups is 1. The van der Waals surface area contributed by atoms with Crippen molar-refractivity contribution in [3.63, 3.8) is 0 Å². The fourth-order valence-corrected chi connectivity index (χ4v) is 2.79. The molecule has 3 aromatic rings. The van der Waals surface area contributed by atoms with Crippen molar-refractivity contribution in [3.05, 3.63) is 60.4 Å². The van der Waals surface area contributed by atoms with Crippen LogP contribution in [0.1, 0.15) is 23.2 Å². The van der Waals surface area contributed by atoms with E-state index >= 15 is 0 Å². The van der Waals surface area contributed by atoms with E-state index in [2.05, 4.69) is 30.9 Å². The summed E-state index contributed by atoms with van der Waals surface area (Å²) >= 11 is 0. The summed E-state index contributed by atoms with van der Waals surface area (Å²) in [6.45, 7) is 3.29. The van der Waals surface area contributed by atoms with Crippen molar-refractivity contribution in [2.45, 2.75) is 19.9 Å². The van der Waals surface area contributed by atoms with Crippen LogP contribution in [0.5, 0.6) is 0 Å². The van der Waals surface area contributed by atoms with Gasteiger partial charge in [-0.25, -0.2) is 15.0 Å². The molecule has 0 radical (unpaired) electrons. The number of benzene rings is 1. The number of anilines is 3. The van der Waals surface area contributed by atoms with Crippen molar-refractivity contribution in [3.8, 4) is 11.3 Å². The molecule has 0 spiro atoms. The normalized spacial score (nSPS) is 10.4. The highest BCUT2D eigenvalue weighted by molar-refractivity contribution is 5.73. The van der Waals surface area contributed by atoms with Gasteiger partial charge in [-0.05, 0) is 42.3 Å². The highest BCUT2D eigenvalue weighted by Crippen LogP contribution is 2.25. The van der Waals surface area contributed by atoms with Crippen molar-refractivity contribution in [1.29, 1.82) is 0 Å². The average molecular weight is 398 g/mol. The van der Waals surface area contributed by atoms with Crippen LogP contribution < -0.4 is 21.7 Å². The minimum absolute atomic E-state index is 0. The zero-order chi connectivity index (χ0) is 20.5. The Kier molecular flexibility index (Phi) is 7.07. The number of nitrogens with one attached hydrogen (secondary N) is 3. The molecule has 2 heterocycles. The maximum Gasteiger partial charge on any atom is 0.227 e. The van der Waals surface area contributed by atoms with Gasteiger partial charge in [-0.2, -0.15) is 0 Å². The minimum Gasteiger partial charge on any atom is -0.369 e. The Labute approximate surface area is 174 Å². The Hall–Kier alpha value is -3.52. The molecular weight excluding hydrogens is 366 g/mol. The maximum absolute atomic E-state index is 10.9. The zero-order valence-electron chi connectivity index (χ0n) is 16.4. The first-order valence-corrected chi connectivity index (χ1v) is 9.48. The molecule has 0 saturated carbocycles. The first-order chi connectivity index (χ1) is 14.2. The van der Waals surface area contributed by atoms with E-state index < -0.39 is 0 Å². The Morgan fingerprint density at radius 2 is 2.00 bits per heavy atom. The minimum atomic E-state index is -0.0264. The van der Waals surface area contributed by atoms with Crippen LogP contribution in [0.2, 0.25) is 0 Å². The van der Waals surface area contributed by atoms with Gasteiger partial charge in [0.05, 0.1) is 5.69 Å². The molecule has 29 heavy (non-hydrogen) atoms. The number of amides is 1. The molecule has 1 aromatic carbocycles. The third-order valence-electron chi connectivity index (χ3n) is 4.18. The molecule has 0 fully saturated rings. The number of nitrogens with two attached hydrogens (primary N) is 1. The fourth-order valence-electron chi connectivity index (χ4n) is 2.79. The van der Waals surface area contributed by atoms with Crippen LogP contribution in [0.3, 0.4) is 0 Å². The third-order valence-corrected chi connectivity index (χ3v) is 4.18. The van der Waals surface area contributed by atoms with Crippen molar-refractivity contribution >= 4 is 23.4 Å². The number of rotatable bonds is 9. The molecule has 0 atom stereocenters. The van der Waals surface area contributed by atoms with Crippen LogP contribution in [0.25, 0.3) is 11.3 Å². The molecule has 8 nitrogen and oxygen atoms in total. The first-order valence-electron chi connectivity index (χ1n) is 9.48. The standard InChI is InChI=1S/C21H25N7O.3H2/c1-15(29)23-10-4-11-25-20-18(7-3-9-24-20)19-8-12-26-21(28-19)27-17-6-2-5-16(13-17)14-22;;;/h2-3,5-9,12-13H,4,10-11,14,22H2,1H3,(H,23,29)(H,24,25)(H,26,27,28);3*1H. The molecule has 0 aliphatic rings. The summed E-state index contributed by atoms with van der Waals surface area (Å²) in [6, 6.07) is 13.5. The highest BCUT2D eigenvalue weighted by atomic mass is 16.1. The van der Waals surface area contributed by atoms with Gasteiger partial charge in [0.15, 0.2) is 0 Å². The molecule has 1 amide bonds. The van der Waals surface area contributed by atoms with Crippen LogP contribution in [0.15, 0.2) is 54.9 Å². The SMILES string of the molecule is CC(=O)NCCCNc1ncccc1-c1ccnc(Nc2cccc(CN)c2)n1.[HH].[HH].[HH]. The summed E-state index contributed by atoms with van der Waals surface area (Å²) in [7, 11) is 0. The summed E-state index contributed by atoms with van der Waals surface area (Å²) in [4.78, 5) is 24.3. The number of pyridine rings is 1. The molecule has 3 rings (SSSR count). The lowest BCUT2D eigenvalue weighted by Crippen LogP contribution is -2.22. The van der Waals surface area contributed by atoms with E-state index in [1.807, 2.05) is 42.5 Å². The van der Waals surface area contributed by atoms with Gasteiger partial charge < -0.3 is 21.7 Å². The van der Waals surface area contributed by atoms with E-state index in [1.165, 1.54) is 6.92 Å². The first kappa shape index (κ1) is 20.2. The Bertz CT molecular complexity index is 975. The van der Waals surface area contributed by atoms with Crippen molar-refractivity contribution in [2.75, 3.05) is 23.7 Å². The molecule has 5 N–H and O–H groups in total. The average Bonchev–Trinajstić information content (AvgIpc) is 2.74. The predicted molar refractivity (Wildman–Crippen MR) is 121 cm³/mol. The number of nitrogens with zero attached hydrogens (tertiary/aromatic N) is 3. The Balaban J connectivity index is 0.00000320. The fraction of sp³-hybridized carbons (Fsp3) is 0.238. The zero-order valence-corrected chi connectivity index (χ0v) is 16.4. The summed E-state index contributed by atoms with van der Waals surface area (Å²) in [5, 5.41) is 9.31. The lowest BCUT2D eigenvalue weighted by molar-refractivity contribution is -0.118. The predicted octanol–water partition coefficient (Wildman–Crippen LogP) is 3.42. The van der Waals surface area contributed by atoms with Crippen molar-refractivity contribution in [1.82, 2.24) is 20.3 Å². The van der Waals surface area contributed by atoms with E-state index in [-0.39, 0.29) is 10.2 Å². The number of aromatic nitrogens is 3. The molecule has 0 aliphatic heterocycles. The van der Waals surface area contributed by atoms with Gasteiger partial charge in [-0.15, -0.1) is 0 Å². The summed E-state index contributed by atoms with van der Waals surface area (Å²) in [5.41, 5.74) is 9.26. The molecular formula is C21H31N7O. The monoisotopic (exact) mass is 397 g/mol. The summed E-state index contributed by atoms with van der Waals surface area (Å²) in [6.07, 6.45) is 4.24. The highest BCUT2D eigenvalue weighted by Gasteiger charge is 2.09. The van der Waals surface area contributed by atoms with Gasteiger partial charge in [0.1, 0.15) is 5.82 Å². The van der Waals surface area contributed by atoms with Crippen LogP contribution in [-0.4, -0.2) is 33.9 Å².